The number of benzene rings is 1. The number of carbonyl (C=O) groups excluding carboxylic acids is 1. The van der Waals surface area contributed by atoms with Crippen LogP contribution < -0.4 is 14.9 Å². The number of rotatable bonds is 5. The van der Waals surface area contributed by atoms with Gasteiger partial charge in [0.2, 0.25) is 5.43 Å². The summed E-state index contributed by atoms with van der Waals surface area (Å²) in [4.78, 5) is 24.0. The largest absolute Gasteiger partial charge is 0.504 e. The fourth-order valence-corrected chi connectivity index (χ4v) is 2.47. The lowest BCUT2D eigenvalue weighted by molar-refractivity contribution is 0.104. The molecule has 0 aliphatic carbocycles. The van der Waals surface area contributed by atoms with Crippen molar-refractivity contribution >= 4 is 27.8 Å². The Morgan fingerprint density at radius 1 is 1.17 bits per heavy atom. The van der Waals surface area contributed by atoms with E-state index in [1.807, 2.05) is 0 Å². The van der Waals surface area contributed by atoms with E-state index in [0.717, 1.165) is 0 Å². The Morgan fingerprint density at radius 3 is 2.58 bits per heavy atom. The van der Waals surface area contributed by atoms with Gasteiger partial charge in [0.05, 0.1) is 19.8 Å². The molecule has 5 nitrogen and oxygen atoms in total. The molecule has 0 heterocycles. The van der Waals surface area contributed by atoms with Crippen molar-refractivity contribution in [3.63, 3.8) is 0 Å². The van der Waals surface area contributed by atoms with Gasteiger partial charge in [-0.2, -0.15) is 0 Å². The molecular formula is C18H15BrO5. The summed E-state index contributed by atoms with van der Waals surface area (Å²) in [5, 5.41) is 9.90. The molecular weight excluding hydrogens is 376 g/mol. The maximum Gasteiger partial charge on any atom is 0.220 e. The third-order valence-corrected chi connectivity index (χ3v) is 3.77. The molecule has 2 aromatic carbocycles. The van der Waals surface area contributed by atoms with Gasteiger partial charge in [-0.3, -0.25) is 9.59 Å². The Labute approximate surface area is 147 Å². The summed E-state index contributed by atoms with van der Waals surface area (Å²) in [7, 11) is 3.02. The molecule has 2 aromatic rings. The van der Waals surface area contributed by atoms with Crippen molar-refractivity contribution in [1.82, 2.24) is 0 Å². The first-order valence-electron chi connectivity index (χ1n) is 6.94. The van der Waals surface area contributed by atoms with Gasteiger partial charge < -0.3 is 14.6 Å². The molecule has 0 bridgehead atoms. The molecule has 1 N–H and O–H groups in total. The highest BCUT2D eigenvalue weighted by Gasteiger charge is 2.12. The van der Waals surface area contributed by atoms with Crippen molar-refractivity contribution in [2.24, 2.45) is 0 Å². The molecule has 2 rings (SSSR count). The number of para-hydroxylation sites is 1. The second kappa shape index (κ2) is 7.79. The van der Waals surface area contributed by atoms with Gasteiger partial charge in [-0.05, 0) is 36.4 Å². The van der Waals surface area contributed by atoms with Gasteiger partial charge in [0.15, 0.2) is 23.0 Å². The molecule has 0 saturated heterocycles. The topological polar surface area (TPSA) is 72.8 Å². The van der Waals surface area contributed by atoms with Crippen LogP contribution in [0.25, 0.3) is 6.08 Å². The first-order chi connectivity index (χ1) is 11.5. The molecule has 0 spiro atoms. The molecule has 0 aliphatic rings. The molecule has 0 atom stereocenters. The van der Waals surface area contributed by atoms with Crippen molar-refractivity contribution in [3.05, 3.63) is 68.3 Å². The number of hydrogen-bond acceptors (Lipinski definition) is 5. The number of ether oxygens (including phenoxy) is 2. The second-order valence-electron chi connectivity index (χ2n) is 4.77. The summed E-state index contributed by atoms with van der Waals surface area (Å²) in [6.45, 7) is 0. The van der Waals surface area contributed by atoms with Crippen LogP contribution >= 0.6 is 15.9 Å². The first kappa shape index (κ1) is 17.7. The van der Waals surface area contributed by atoms with Crippen molar-refractivity contribution in [2.75, 3.05) is 14.2 Å². The summed E-state index contributed by atoms with van der Waals surface area (Å²) in [6.07, 6.45) is 2.80. The van der Waals surface area contributed by atoms with E-state index in [9.17, 15) is 14.7 Å². The van der Waals surface area contributed by atoms with E-state index in [2.05, 4.69) is 15.9 Å². The van der Waals surface area contributed by atoms with Gasteiger partial charge in [-0.1, -0.05) is 28.1 Å². The molecule has 124 valence electrons. The average molecular weight is 391 g/mol. The Morgan fingerprint density at radius 2 is 1.92 bits per heavy atom. The van der Waals surface area contributed by atoms with E-state index in [4.69, 9.17) is 9.47 Å². The Bertz CT molecular complexity index is 858. The third kappa shape index (κ3) is 3.83. The highest BCUT2D eigenvalue weighted by molar-refractivity contribution is 9.10. The van der Waals surface area contributed by atoms with Gasteiger partial charge in [0.1, 0.15) is 0 Å². The number of hydrogen-bond donors (Lipinski definition) is 1. The highest BCUT2D eigenvalue weighted by atomic mass is 79.9. The van der Waals surface area contributed by atoms with Gasteiger partial charge in [0.25, 0.3) is 0 Å². The second-order valence-corrected chi connectivity index (χ2v) is 5.69. The Hall–Kier alpha value is -2.60. The van der Waals surface area contributed by atoms with Crippen LogP contribution in [0.3, 0.4) is 0 Å². The van der Waals surface area contributed by atoms with E-state index < -0.39 is 17.0 Å². The number of aromatic hydroxyl groups is 1. The van der Waals surface area contributed by atoms with Crippen LogP contribution in [0.5, 0.6) is 17.2 Å². The monoisotopic (exact) mass is 390 g/mol. The third-order valence-electron chi connectivity index (χ3n) is 3.28. The van der Waals surface area contributed by atoms with E-state index in [1.54, 1.807) is 18.2 Å². The summed E-state index contributed by atoms with van der Waals surface area (Å²) in [5.74, 6) is -0.0810. The highest BCUT2D eigenvalue weighted by Crippen LogP contribution is 2.31. The van der Waals surface area contributed by atoms with Crippen molar-refractivity contribution in [1.29, 1.82) is 0 Å². The Kier molecular flexibility index (Phi) is 5.76. The predicted octanol–water partition coefficient (Wildman–Crippen LogP) is 3.43. The number of carbonyl (C=O) groups is 1. The molecule has 6 heteroatoms. The van der Waals surface area contributed by atoms with Crippen LogP contribution in [-0.2, 0) is 0 Å². The molecule has 0 unspecified atom stereocenters. The van der Waals surface area contributed by atoms with Crippen LogP contribution in [0.15, 0.2) is 51.7 Å². The summed E-state index contributed by atoms with van der Waals surface area (Å²) in [5.41, 5.74) is -0.0854. The van der Waals surface area contributed by atoms with Crippen molar-refractivity contribution in [3.8, 4) is 17.2 Å². The maximum atomic E-state index is 12.4. The number of ketones is 1. The summed E-state index contributed by atoms with van der Waals surface area (Å²) < 4.78 is 11.0. The zero-order valence-electron chi connectivity index (χ0n) is 13.1. The van der Waals surface area contributed by atoms with Gasteiger partial charge in [-0.15, -0.1) is 0 Å². The first-order valence-corrected chi connectivity index (χ1v) is 7.73. The fourth-order valence-electron chi connectivity index (χ4n) is 2.11. The molecule has 0 radical (unpaired) electrons. The van der Waals surface area contributed by atoms with E-state index in [0.29, 0.717) is 21.5 Å². The lowest BCUT2D eigenvalue weighted by Gasteiger charge is -2.09. The molecule has 0 saturated carbocycles. The van der Waals surface area contributed by atoms with E-state index in [-0.39, 0.29) is 5.56 Å². The zero-order valence-corrected chi connectivity index (χ0v) is 14.7. The molecule has 0 amide bonds. The predicted molar refractivity (Wildman–Crippen MR) is 95.0 cm³/mol. The summed E-state index contributed by atoms with van der Waals surface area (Å²) in [6, 6.07) is 9.30. The minimum absolute atomic E-state index is 0.0880. The van der Waals surface area contributed by atoms with Gasteiger partial charge >= 0.3 is 0 Å². The zero-order chi connectivity index (χ0) is 17.7. The normalized spacial score (nSPS) is 10.6. The maximum absolute atomic E-state index is 12.4. The lowest BCUT2D eigenvalue weighted by Crippen LogP contribution is -2.01. The SMILES string of the molecule is COc1cccc(/C=C/C(=O)c2cc(Br)ccc(=O)c2O)c1OC. The quantitative estimate of drug-likeness (QED) is 0.625. The standard InChI is InChI=1S/C18H15BrO5/c1-23-16-5-3-4-11(18(16)24-2)6-8-14(20)13-10-12(19)7-9-15(21)17(13)22/h3-10H,1-2H3,(H,21,22)/b8-6+. The van der Waals surface area contributed by atoms with Crippen molar-refractivity contribution in [2.45, 2.75) is 0 Å². The van der Waals surface area contributed by atoms with Crippen LogP contribution in [0, 0.1) is 0 Å². The van der Waals surface area contributed by atoms with Crippen LogP contribution in [0.2, 0.25) is 0 Å². The minimum atomic E-state index is -0.628. The number of methoxy groups -OCH3 is 2. The van der Waals surface area contributed by atoms with Gasteiger partial charge in [0, 0.05) is 10.0 Å². The van der Waals surface area contributed by atoms with Crippen LogP contribution in [0.4, 0.5) is 0 Å². The van der Waals surface area contributed by atoms with Crippen LogP contribution in [0.1, 0.15) is 15.9 Å². The number of allylic oxidation sites excluding steroid dienone is 1. The van der Waals surface area contributed by atoms with E-state index in [1.165, 1.54) is 44.6 Å². The lowest BCUT2D eigenvalue weighted by atomic mass is 10.1. The number of halogens is 1. The van der Waals surface area contributed by atoms with Gasteiger partial charge in [-0.25, -0.2) is 0 Å². The molecule has 0 aliphatic heterocycles. The average Bonchev–Trinajstić information content (AvgIpc) is 2.72. The molecule has 0 fully saturated rings. The van der Waals surface area contributed by atoms with Crippen molar-refractivity contribution < 1.29 is 19.4 Å². The summed E-state index contributed by atoms with van der Waals surface area (Å²) >= 11 is 3.20. The van der Waals surface area contributed by atoms with E-state index >= 15 is 0 Å². The fraction of sp³-hybridized carbons (Fsp3) is 0.111. The smallest absolute Gasteiger partial charge is 0.220 e. The Balaban J connectivity index is 2.43. The van der Waals surface area contributed by atoms with Crippen LogP contribution in [-0.4, -0.2) is 25.1 Å². The molecule has 24 heavy (non-hydrogen) atoms. The molecule has 0 aromatic heterocycles. The minimum Gasteiger partial charge on any atom is -0.504 e.